The van der Waals surface area contributed by atoms with Crippen molar-refractivity contribution in [3.8, 4) is 6.07 Å². The molecule has 2 rings (SSSR count). The van der Waals surface area contributed by atoms with Crippen LogP contribution in [-0.4, -0.2) is 48.4 Å². The van der Waals surface area contributed by atoms with Gasteiger partial charge >= 0.3 is 11.9 Å². The van der Waals surface area contributed by atoms with E-state index < -0.39 is 24.5 Å². The molecular weight excluding hydrogens is 305 g/mol. The third kappa shape index (κ3) is 3.39. The fourth-order valence-electron chi connectivity index (χ4n) is 2.34. The molecular formula is C15H16FN3O4. The predicted octanol–water partition coefficient (Wildman–Crippen LogP) is 1.16. The minimum absolute atomic E-state index is 0.0695. The number of pyridine rings is 1. The van der Waals surface area contributed by atoms with Gasteiger partial charge in [0.25, 0.3) is 0 Å². The van der Waals surface area contributed by atoms with Crippen molar-refractivity contribution in [2.45, 2.75) is 13.3 Å². The number of hydrogen-bond acceptors (Lipinski definition) is 6. The summed E-state index contributed by atoms with van der Waals surface area (Å²) in [6.45, 7) is 1.55. The van der Waals surface area contributed by atoms with Crippen molar-refractivity contribution < 1.29 is 23.8 Å². The molecule has 23 heavy (non-hydrogen) atoms. The number of carbonyl (C=O) groups excluding carboxylic acids is 1. The molecule has 1 fully saturated rings. The molecule has 8 heteroatoms. The topological polar surface area (TPSA) is 104 Å². The lowest BCUT2D eigenvalue weighted by Crippen LogP contribution is -2.51. The van der Waals surface area contributed by atoms with Crippen molar-refractivity contribution >= 4 is 17.8 Å². The standard InChI is InChI=1S/C15H16FN3O4/c1-2-23-15(22)11-5-9(6-17)13(18-12(11)3-4-16)19-7-10(8-19)14(20)21/h5,10H,2-4,7-8H2,1H3,(H,20,21). The number of aromatic nitrogens is 1. The molecule has 0 aliphatic carbocycles. The lowest BCUT2D eigenvalue weighted by molar-refractivity contribution is -0.142. The summed E-state index contributed by atoms with van der Waals surface area (Å²) >= 11 is 0. The average Bonchev–Trinajstić information content (AvgIpc) is 2.46. The molecule has 1 aromatic heterocycles. The zero-order valence-electron chi connectivity index (χ0n) is 12.6. The van der Waals surface area contributed by atoms with E-state index in [0.29, 0.717) is 0 Å². The number of carboxylic acid groups (broad SMARTS) is 1. The Morgan fingerprint density at radius 2 is 2.26 bits per heavy atom. The summed E-state index contributed by atoms with van der Waals surface area (Å²) < 4.78 is 17.6. The molecule has 0 radical (unpaired) electrons. The van der Waals surface area contributed by atoms with Gasteiger partial charge in [0, 0.05) is 19.5 Å². The summed E-state index contributed by atoms with van der Waals surface area (Å²) in [5.41, 5.74) is 0.415. The molecule has 0 saturated carbocycles. The number of alkyl halides is 1. The number of carbonyl (C=O) groups is 2. The zero-order valence-corrected chi connectivity index (χ0v) is 12.6. The van der Waals surface area contributed by atoms with E-state index in [-0.39, 0.29) is 48.8 Å². The quantitative estimate of drug-likeness (QED) is 0.784. The van der Waals surface area contributed by atoms with E-state index in [1.165, 1.54) is 6.07 Å². The number of nitrogens with zero attached hydrogens (tertiary/aromatic N) is 3. The molecule has 7 nitrogen and oxygen atoms in total. The molecule has 1 N–H and O–H groups in total. The molecule has 0 unspecified atom stereocenters. The van der Waals surface area contributed by atoms with E-state index in [1.807, 2.05) is 6.07 Å². The van der Waals surface area contributed by atoms with Crippen molar-refractivity contribution in [1.82, 2.24) is 4.98 Å². The summed E-state index contributed by atoms with van der Waals surface area (Å²) in [5, 5.41) is 18.2. The lowest BCUT2D eigenvalue weighted by Gasteiger charge is -2.38. The van der Waals surface area contributed by atoms with Gasteiger partial charge in [0.2, 0.25) is 0 Å². The maximum atomic E-state index is 12.7. The summed E-state index contributed by atoms with van der Waals surface area (Å²) in [6, 6.07) is 3.28. The van der Waals surface area contributed by atoms with Gasteiger partial charge < -0.3 is 14.7 Å². The fourth-order valence-corrected chi connectivity index (χ4v) is 2.34. The Morgan fingerprint density at radius 1 is 1.57 bits per heavy atom. The van der Waals surface area contributed by atoms with Gasteiger partial charge in [-0.3, -0.25) is 9.18 Å². The average molecular weight is 321 g/mol. The summed E-state index contributed by atoms with van der Waals surface area (Å²) in [5.74, 6) is -1.80. The number of ether oxygens (including phenoxy) is 1. The summed E-state index contributed by atoms with van der Waals surface area (Å²) in [6.07, 6.45) is -0.0803. The first-order valence-electron chi connectivity index (χ1n) is 7.16. The van der Waals surface area contributed by atoms with Crippen LogP contribution in [-0.2, 0) is 16.0 Å². The Balaban J connectivity index is 2.36. The largest absolute Gasteiger partial charge is 0.481 e. The molecule has 0 atom stereocenters. The van der Waals surface area contributed by atoms with Gasteiger partial charge in [-0.25, -0.2) is 9.78 Å². The Hall–Kier alpha value is -2.69. The fraction of sp³-hybridized carbons (Fsp3) is 0.467. The van der Waals surface area contributed by atoms with Crippen LogP contribution in [0.1, 0.15) is 28.5 Å². The van der Waals surface area contributed by atoms with Gasteiger partial charge in [-0.05, 0) is 13.0 Å². The van der Waals surface area contributed by atoms with Crippen LogP contribution in [0, 0.1) is 17.2 Å². The second-order valence-corrected chi connectivity index (χ2v) is 5.07. The van der Waals surface area contributed by atoms with Crippen molar-refractivity contribution in [3.63, 3.8) is 0 Å². The zero-order chi connectivity index (χ0) is 17.0. The van der Waals surface area contributed by atoms with Gasteiger partial charge in [-0.2, -0.15) is 5.26 Å². The minimum atomic E-state index is -0.910. The highest BCUT2D eigenvalue weighted by Gasteiger charge is 2.35. The first kappa shape index (κ1) is 16.7. The number of hydrogen-bond donors (Lipinski definition) is 1. The molecule has 1 aliphatic rings. The molecule has 0 aromatic carbocycles. The number of rotatable bonds is 6. The van der Waals surface area contributed by atoms with E-state index in [0.717, 1.165) is 0 Å². The summed E-state index contributed by atoms with van der Waals surface area (Å²) in [7, 11) is 0. The van der Waals surface area contributed by atoms with Gasteiger partial charge in [0.15, 0.2) is 0 Å². The number of aryl methyl sites for hydroxylation is 1. The second-order valence-electron chi connectivity index (χ2n) is 5.07. The molecule has 2 heterocycles. The molecule has 1 aliphatic heterocycles. The molecule has 0 bridgehead atoms. The Bertz CT molecular complexity index is 665. The number of aliphatic carboxylic acids is 1. The highest BCUT2D eigenvalue weighted by molar-refractivity contribution is 5.91. The van der Waals surface area contributed by atoms with Crippen molar-refractivity contribution in [2.24, 2.45) is 5.92 Å². The first-order valence-corrected chi connectivity index (χ1v) is 7.16. The van der Waals surface area contributed by atoms with Crippen LogP contribution >= 0.6 is 0 Å². The van der Waals surface area contributed by atoms with E-state index in [2.05, 4.69) is 4.98 Å². The number of esters is 1. The molecule has 0 amide bonds. The van der Waals surface area contributed by atoms with Crippen LogP contribution in [0.2, 0.25) is 0 Å². The third-order valence-electron chi connectivity index (χ3n) is 3.56. The third-order valence-corrected chi connectivity index (χ3v) is 3.56. The van der Waals surface area contributed by atoms with E-state index in [1.54, 1.807) is 11.8 Å². The molecule has 1 saturated heterocycles. The highest BCUT2D eigenvalue weighted by atomic mass is 19.1. The SMILES string of the molecule is CCOC(=O)c1cc(C#N)c(N2CC(C(=O)O)C2)nc1CCF. The Morgan fingerprint density at radius 3 is 2.78 bits per heavy atom. The summed E-state index contributed by atoms with van der Waals surface area (Å²) in [4.78, 5) is 28.7. The molecule has 122 valence electrons. The maximum absolute atomic E-state index is 12.7. The van der Waals surface area contributed by atoms with Crippen LogP contribution in [0.4, 0.5) is 10.2 Å². The number of nitriles is 1. The van der Waals surface area contributed by atoms with E-state index >= 15 is 0 Å². The monoisotopic (exact) mass is 321 g/mol. The van der Waals surface area contributed by atoms with Crippen molar-refractivity contribution in [1.29, 1.82) is 5.26 Å². The lowest BCUT2D eigenvalue weighted by atomic mass is 9.99. The number of carboxylic acids is 1. The Labute approximate surface area is 132 Å². The maximum Gasteiger partial charge on any atom is 0.340 e. The van der Waals surface area contributed by atoms with E-state index in [4.69, 9.17) is 9.84 Å². The number of halogens is 1. The van der Waals surface area contributed by atoms with Crippen molar-refractivity contribution in [2.75, 3.05) is 31.3 Å². The van der Waals surface area contributed by atoms with Crippen LogP contribution in [0.15, 0.2) is 6.07 Å². The van der Waals surface area contributed by atoms with Crippen LogP contribution in [0.3, 0.4) is 0 Å². The predicted molar refractivity (Wildman–Crippen MR) is 77.9 cm³/mol. The smallest absolute Gasteiger partial charge is 0.340 e. The molecule has 0 spiro atoms. The van der Waals surface area contributed by atoms with Gasteiger partial charge in [-0.15, -0.1) is 0 Å². The van der Waals surface area contributed by atoms with Crippen LogP contribution in [0.5, 0.6) is 0 Å². The highest BCUT2D eigenvalue weighted by Crippen LogP contribution is 2.28. The number of anilines is 1. The molecule has 1 aromatic rings. The second kappa shape index (κ2) is 7.05. The van der Waals surface area contributed by atoms with Crippen molar-refractivity contribution in [3.05, 3.63) is 22.9 Å². The van der Waals surface area contributed by atoms with E-state index in [9.17, 15) is 19.2 Å². The van der Waals surface area contributed by atoms with Gasteiger partial charge in [-0.1, -0.05) is 0 Å². The van der Waals surface area contributed by atoms with Crippen LogP contribution in [0.25, 0.3) is 0 Å². The van der Waals surface area contributed by atoms with Gasteiger partial charge in [0.1, 0.15) is 11.9 Å². The Kier molecular flexibility index (Phi) is 5.11. The normalized spacial score (nSPS) is 14.0. The van der Waals surface area contributed by atoms with Crippen LogP contribution < -0.4 is 4.90 Å². The minimum Gasteiger partial charge on any atom is -0.481 e. The van der Waals surface area contributed by atoms with Gasteiger partial charge in [0.05, 0.1) is 36.0 Å². The first-order chi connectivity index (χ1) is 11.0.